The van der Waals surface area contributed by atoms with Gasteiger partial charge in [0.15, 0.2) is 0 Å². The van der Waals surface area contributed by atoms with Crippen molar-refractivity contribution in [1.29, 1.82) is 0 Å². The largest absolute Gasteiger partial charge is 0.390 e. The number of aliphatic hydroxyl groups is 2. The third-order valence-electron chi connectivity index (χ3n) is 6.77. The van der Waals surface area contributed by atoms with E-state index in [4.69, 9.17) is 11.6 Å². The molecule has 0 bridgehead atoms. The summed E-state index contributed by atoms with van der Waals surface area (Å²) >= 11 is 6.19. The molecular weight excluding hydrogens is 449 g/mol. The smallest absolute Gasteiger partial charge is 0.273 e. The van der Waals surface area contributed by atoms with Gasteiger partial charge in [0.2, 0.25) is 0 Å². The Bertz CT molecular complexity index is 1130. The molecule has 3 aliphatic rings. The van der Waals surface area contributed by atoms with E-state index in [2.05, 4.69) is 20.3 Å². The van der Waals surface area contributed by atoms with Gasteiger partial charge in [0.05, 0.1) is 48.6 Å². The molecule has 174 valence electrons. The molecule has 33 heavy (non-hydrogen) atoms. The Balaban J connectivity index is 1.46. The summed E-state index contributed by atoms with van der Waals surface area (Å²) in [6, 6.07) is 4.57. The van der Waals surface area contributed by atoms with E-state index < -0.39 is 30.5 Å². The fourth-order valence-electron chi connectivity index (χ4n) is 5.01. The van der Waals surface area contributed by atoms with Crippen LogP contribution >= 0.6 is 11.6 Å². The molecule has 2 fully saturated rings. The Kier molecular flexibility index (Phi) is 5.80. The normalized spacial score (nSPS) is 28.7. The van der Waals surface area contributed by atoms with Crippen LogP contribution in [-0.2, 0) is 11.3 Å². The minimum absolute atomic E-state index is 0.0339. The molecule has 10 heteroatoms. The molecule has 1 saturated carbocycles. The van der Waals surface area contributed by atoms with Crippen LogP contribution in [0.4, 0.5) is 10.2 Å². The second-order valence-electron chi connectivity index (χ2n) is 8.90. The number of anilines is 1. The molecular formula is C23H25ClFN5O3. The number of carbonyl (C=O) groups excluding carboxylic acids is 1. The molecule has 3 heterocycles. The van der Waals surface area contributed by atoms with Gasteiger partial charge >= 0.3 is 0 Å². The van der Waals surface area contributed by atoms with E-state index in [1.165, 1.54) is 11.2 Å². The number of carbonyl (C=O) groups is 1. The van der Waals surface area contributed by atoms with Gasteiger partial charge in [0.1, 0.15) is 24.0 Å². The molecule has 0 radical (unpaired) electrons. The first-order valence-corrected chi connectivity index (χ1v) is 11.4. The first kappa shape index (κ1) is 22.2. The Morgan fingerprint density at radius 3 is 2.85 bits per heavy atom. The Labute approximate surface area is 195 Å². The summed E-state index contributed by atoms with van der Waals surface area (Å²) in [5.41, 5.74) is 3.00. The third kappa shape index (κ3) is 3.98. The second kappa shape index (κ2) is 8.62. The van der Waals surface area contributed by atoms with Crippen molar-refractivity contribution in [1.82, 2.24) is 14.9 Å². The minimum atomic E-state index is -1.15. The first-order valence-electron chi connectivity index (χ1n) is 11.1. The van der Waals surface area contributed by atoms with Gasteiger partial charge in [0, 0.05) is 11.4 Å². The van der Waals surface area contributed by atoms with Crippen molar-refractivity contribution in [3.05, 3.63) is 51.9 Å². The lowest BCUT2D eigenvalue weighted by molar-refractivity contribution is -0.125. The number of aliphatic imine (C=N–C) groups is 1. The van der Waals surface area contributed by atoms with Gasteiger partial charge in [-0.3, -0.25) is 9.79 Å². The van der Waals surface area contributed by atoms with Crippen molar-refractivity contribution >= 4 is 29.0 Å². The fraction of sp³-hybridized carbons (Fsp3) is 0.478. The molecule has 8 nitrogen and oxygen atoms in total. The predicted molar refractivity (Wildman–Crippen MR) is 121 cm³/mol. The van der Waals surface area contributed by atoms with Crippen LogP contribution in [0.2, 0.25) is 5.02 Å². The quantitative estimate of drug-likeness (QED) is 0.628. The van der Waals surface area contributed by atoms with Crippen molar-refractivity contribution in [2.45, 2.75) is 63.2 Å². The number of aliphatic hydroxyl groups excluding tert-OH is 2. The van der Waals surface area contributed by atoms with Crippen LogP contribution < -0.4 is 5.32 Å². The zero-order valence-corrected chi connectivity index (χ0v) is 18.8. The molecule has 1 saturated heterocycles. The maximum atomic E-state index is 14.6. The molecule has 3 N–H and O–H groups in total. The lowest BCUT2D eigenvalue weighted by atomic mass is 9.98. The standard InChI is InChI=1S/C23H25ClFN5O3/c1-11-2-3-12(24)6-14(11)17-7-13(25)9-30(17)23(33)20-19-16(8-26-20)27-10-28-22(19)29-15-4-5-18(31)21(15)32/h2-3,6,10,13,15,17-18,21,31-32H,4-5,7-9H2,1H3,(H,27,28,29)/t13-,15+,17+,18+,21-/m0/s1. The zero-order chi connectivity index (χ0) is 23.3. The number of fused-ring (bicyclic) bond motifs is 1. The number of benzene rings is 1. The van der Waals surface area contributed by atoms with Gasteiger partial charge in [-0.1, -0.05) is 17.7 Å². The van der Waals surface area contributed by atoms with E-state index in [0.717, 1.165) is 11.1 Å². The number of halogens is 2. The van der Waals surface area contributed by atoms with E-state index in [1.54, 1.807) is 12.1 Å². The van der Waals surface area contributed by atoms with Crippen molar-refractivity contribution in [2.24, 2.45) is 4.99 Å². The summed E-state index contributed by atoms with van der Waals surface area (Å²) in [7, 11) is 0. The number of nitrogens with one attached hydrogen (secondary N) is 1. The van der Waals surface area contributed by atoms with Crippen LogP contribution in [0.5, 0.6) is 0 Å². The van der Waals surface area contributed by atoms with E-state index in [9.17, 15) is 19.4 Å². The van der Waals surface area contributed by atoms with Crippen molar-refractivity contribution in [3.8, 4) is 0 Å². The molecule has 1 aliphatic carbocycles. The molecule has 0 unspecified atom stereocenters. The Morgan fingerprint density at radius 1 is 1.27 bits per heavy atom. The number of likely N-dealkylation sites (tertiary alicyclic amines) is 1. The summed E-state index contributed by atoms with van der Waals surface area (Å²) in [5, 5.41) is 23.8. The number of alkyl halides is 1. The molecule has 1 aromatic carbocycles. The third-order valence-corrected chi connectivity index (χ3v) is 7.00. The van der Waals surface area contributed by atoms with Crippen LogP contribution in [0.3, 0.4) is 0 Å². The maximum absolute atomic E-state index is 14.6. The lowest BCUT2D eigenvalue weighted by Gasteiger charge is -2.27. The van der Waals surface area contributed by atoms with Gasteiger partial charge < -0.3 is 20.4 Å². The highest BCUT2D eigenvalue weighted by Gasteiger charge is 2.41. The summed E-state index contributed by atoms with van der Waals surface area (Å²) < 4.78 is 14.6. The summed E-state index contributed by atoms with van der Waals surface area (Å²) in [6.07, 6.45) is -0.290. The van der Waals surface area contributed by atoms with E-state index >= 15 is 0 Å². The van der Waals surface area contributed by atoms with Crippen molar-refractivity contribution in [2.75, 3.05) is 11.9 Å². The zero-order valence-electron chi connectivity index (χ0n) is 18.1. The van der Waals surface area contributed by atoms with Gasteiger partial charge in [0.25, 0.3) is 5.91 Å². The fourth-order valence-corrected chi connectivity index (χ4v) is 5.19. The SMILES string of the molecule is Cc1ccc(Cl)cc1[C@H]1C[C@H](F)CN1C(=O)C1=NCc2ncnc(N[C@@H]3CC[C@@H](O)[C@H]3O)c21. The number of hydrogen-bond donors (Lipinski definition) is 3. The predicted octanol–water partition coefficient (Wildman–Crippen LogP) is 2.35. The monoisotopic (exact) mass is 473 g/mol. The highest BCUT2D eigenvalue weighted by atomic mass is 35.5. The Hall–Kier alpha value is -2.62. The van der Waals surface area contributed by atoms with Crippen molar-refractivity contribution in [3.63, 3.8) is 0 Å². The molecule has 5 atom stereocenters. The average molecular weight is 474 g/mol. The van der Waals surface area contributed by atoms with Crippen LogP contribution in [0.25, 0.3) is 0 Å². The number of aryl methyl sites for hydroxylation is 1. The van der Waals surface area contributed by atoms with Crippen molar-refractivity contribution < 1.29 is 19.4 Å². The van der Waals surface area contributed by atoms with Gasteiger partial charge in [-0.25, -0.2) is 14.4 Å². The summed E-state index contributed by atoms with van der Waals surface area (Å²) in [6.45, 7) is 2.10. The average Bonchev–Trinajstić information content (AvgIpc) is 3.49. The minimum Gasteiger partial charge on any atom is -0.390 e. The highest BCUT2D eigenvalue weighted by molar-refractivity contribution is 6.47. The topological polar surface area (TPSA) is 111 Å². The lowest BCUT2D eigenvalue weighted by Crippen LogP contribution is -2.38. The molecule has 5 rings (SSSR count). The number of amides is 1. The number of rotatable bonds is 4. The molecule has 0 spiro atoms. The first-order chi connectivity index (χ1) is 15.8. The van der Waals surface area contributed by atoms with Gasteiger partial charge in [-0.05, 0) is 43.0 Å². The van der Waals surface area contributed by atoms with Crippen LogP contribution in [0.1, 0.15) is 47.7 Å². The van der Waals surface area contributed by atoms with Crippen LogP contribution in [0.15, 0.2) is 29.5 Å². The van der Waals surface area contributed by atoms with Gasteiger partial charge in [-0.2, -0.15) is 0 Å². The summed E-state index contributed by atoms with van der Waals surface area (Å²) in [5.74, 6) is -0.00244. The highest BCUT2D eigenvalue weighted by Crippen LogP contribution is 2.38. The van der Waals surface area contributed by atoms with E-state index in [1.807, 2.05) is 13.0 Å². The molecule has 2 aliphatic heterocycles. The molecule has 1 aromatic heterocycles. The number of hydrogen-bond acceptors (Lipinski definition) is 7. The second-order valence-corrected chi connectivity index (χ2v) is 9.34. The molecule has 2 aromatic rings. The van der Waals surface area contributed by atoms with Crippen LogP contribution in [0, 0.1) is 6.92 Å². The van der Waals surface area contributed by atoms with Gasteiger partial charge in [-0.15, -0.1) is 0 Å². The number of nitrogens with zero attached hydrogens (tertiary/aromatic N) is 4. The van der Waals surface area contributed by atoms with E-state index in [0.29, 0.717) is 34.9 Å². The Morgan fingerprint density at radius 2 is 2.09 bits per heavy atom. The summed E-state index contributed by atoms with van der Waals surface area (Å²) in [4.78, 5) is 28.2. The van der Waals surface area contributed by atoms with E-state index in [-0.39, 0.29) is 31.1 Å². The maximum Gasteiger partial charge on any atom is 0.273 e. The molecule has 1 amide bonds. The number of aromatic nitrogens is 2. The van der Waals surface area contributed by atoms with Crippen LogP contribution in [-0.4, -0.2) is 67.7 Å².